The number of ether oxygens (including phenoxy) is 8. The van der Waals surface area contributed by atoms with Gasteiger partial charge in [0.05, 0.1) is 34.7 Å². The van der Waals surface area contributed by atoms with Crippen LogP contribution in [-0.2, 0) is 62.0 Å². The molecule has 18 atom stereocenters. The third-order valence-corrected chi connectivity index (χ3v) is 24.0. The lowest BCUT2D eigenvalue weighted by Crippen LogP contribution is -2.66. The molecule has 16 rings (SSSR count). The summed E-state index contributed by atoms with van der Waals surface area (Å²) in [4.78, 5) is 150. The monoisotopic (exact) mass is 1770 g/mol. The zero-order chi connectivity index (χ0) is 89.9. The number of primary amides is 1. The highest BCUT2D eigenvalue weighted by atomic mass is 35.5. The van der Waals surface area contributed by atoms with Gasteiger partial charge in [0.25, 0.3) is 0 Å². The maximum absolute atomic E-state index is 16.5. The molecule has 10 amide bonds. The van der Waals surface area contributed by atoms with Crippen LogP contribution in [0.1, 0.15) is 179 Å². The Labute approximate surface area is 721 Å². The average molecular weight is 1770 g/mol. The summed E-state index contributed by atoms with van der Waals surface area (Å²) in [5.74, 6) is -14.5. The number of fused-ring (bicyclic) bond motifs is 15. The zero-order valence-electron chi connectivity index (χ0n) is 69.4. The summed E-state index contributed by atoms with van der Waals surface area (Å²) in [6.07, 6.45) is -18.0. The predicted octanol–water partition coefficient (Wildman–Crippen LogP) is 4.83. The Morgan fingerprint density at radius 3 is 1.81 bits per heavy atom. The lowest BCUT2D eigenvalue weighted by atomic mass is 9.54. The van der Waals surface area contributed by atoms with Gasteiger partial charge in [0.2, 0.25) is 59.3 Å². The van der Waals surface area contributed by atoms with Crippen molar-refractivity contribution in [3.05, 3.63) is 117 Å². The van der Waals surface area contributed by atoms with E-state index in [1.807, 2.05) is 0 Å². The highest BCUT2D eigenvalue weighted by molar-refractivity contribution is 6.32. The van der Waals surface area contributed by atoms with Gasteiger partial charge in [-0.3, -0.25) is 38.4 Å². The van der Waals surface area contributed by atoms with E-state index in [0.717, 1.165) is 98.8 Å². The molecule has 11 aliphatic rings. The average Bonchev–Trinajstić information content (AvgIpc) is 0.767. The Morgan fingerprint density at radius 1 is 0.637 bits per heavy atom. The first-order chi connectivity index (χ1) is 58.3. The first kappa shape index (κ1) is 91.1. The molecule has 7 aliphatic heterocycles. The summed E-state index contributed by atoms with van der Waals surface area (Å²) in [6, 6.07) is -0.992. The Hall–Kier alpha value is -10.6. The number of aromatic hydroxyl groups is 3. The van der Waals surface area contributed by atoms with Crippen LogP contribution < -0.4 is 67.8 Å². The van der Waals surface area contributed by atoms with Crippen molar-refractivity contribution in [2.24, 2.45) is 35.3 Å². The molecule has 124 heavy (non-hydrogen) atoms. The maximum atomic E-state index is 16.5. The van der Waals surface area contributed by atoms with Crippen LogP contribution in [0.3, 0.4) is 0 Å². The molecule has 37 nitrogen and oxygen atoms in total. The van der Waals surface area contributed by atoms with Gasteiger partial charge in [-0.15, -0.1) is 0 Å². The highest BCUT2D eigenvalue weighted by Crippen LogP contribution is 2.55. The number of alkyl carbamates (subject to hydrolysis) is 2. The number of hydrogen-bond donors (Lipinski definition) is 19. The van der Waals surface area contributed by atoms with Gasteiger partial charge < -0.3 is 137 Å². The Kier molecular flexibility index (Phi) is 26.6. The van der Waals surface area contributed by atoms with Crippen LogP contribution in [0.25, 0.3) is 11.1 Å². The molecule has 15 bridgehead atoms. The third-order valence-electron chi connectivity index (χ3n) is 23.4. The third kappa shape index (κ3) is 20.0. The van der Waals surface area contributed by atoms with Crippen LogP contribution in [-0.4, -0.2) is 208 Å². The van der Waals surface area contributed by atoms with Gasteiger partial charge in [-0.1, -0.05) is 55.2 Å². The molecule has 10 unspecified atom stereocenters. The van der Waals surface area contributed by atoms with Gasteiger partial charge in [-0.2, -0.15) is 0 Å². The molecule has 0 radical (unpaired) electrons. The maximum Gasteiger partial charge on any atom is 0.408 e. The number of carbonyl (C=O) groups is 10. The van der Waals surface area contributed by atoms with Crippen molar-refractivity contribution in [3.8, 4) is 57.1 Å². The number of amides is 10. The fourth-order valence-electron chi connectivity index (χ4n) is 17.9. The van der Waals surface area contributed by atoms with Crippen molar-refractivity contribution in [1.82, 2.24) is 47.9 Å². The molecule has 0 aromatic heterocycles. The minimum absolute atomic E-state index is 0.0491. The number of rotatable bonds is 15. The quantitative estimate of drug-likeness (QED) is 0.0667. The van der Waals surface area contributed by atoms with Crippen LogP contribution in [0.2, 0.25) is 10.0 Å². The molecule has 670 valence electrons. The minimum atomic E-state index is -2.41. The van der Waals surface area contributed by atoms with Crippen LogP contribution >= 0.6 is 23.2 Å². The molecular formula is C85H104Cl2N10O27. The second-order valence-corrected chi connectivity index (χ2v) is 36.6. The van der Waals surface area contributed by atoms with E-state index < -0.39 is 267 Å². The number of hydrogen-bond acceptors (Lipinski definition) is 27. The Balaban J connectivity index is 1.00. The van der Waals surface area contributed by atoms with Crippen molar-refractivity contribution in [3.63, 3.8) is 0 Å². The van der Waals surface area contributed by atoms with Gasteiger partial charge >= 0.3 is 12.2 Å². The topological polar surface area (TPSA) is 561 Å². The van der Waals surface area contributed by atoms with Crippen molar-refractivity contribution < 1.29 is 132 Å². The summed E-state index contributed by atoms with van der Waals surface area (Å²) < 4.78 is 50.2. The van der Waals surface area contributed by atoms with Crippen molar-refractivity contribution in [1.29, 1.82) is 0 Å². The van der Waals surface area contributed by atoms with E-state index in [9.17, 15) is 65.1 Å². The van der Waals surface area contributed by atoms with E-state index in [1.165, 1.54) is 26.0 Å². The number of benzene rings is 5. The SMILES string of the molecule is CC(C)C[C@@H](NC(=O)OC(C)(C)C)C(=O)N[C@H]1C(=O)N[C@@H](CC(N)=O)C(=O)N[C@H]2C(=O)N[C@H]3C(=O)NC(C(=O)N[C@H](C(=O)NC4C5CC6CC(C5)CC4C6)c4cc(O)cc(O)c4-c4cc3ccc4O)[C@H](O)c3ccc(c(Cl)c3)Oc3cc2cc(c3OC2OC(CO)C(O)C(O)C2OC2CC(C)(NC(=O)OC(C)(C)C)C(O)C(C)O2)Oc2ccc(cc2Cl)[C@H]1O. The molecule has 4 saturated carbocycles. The Bertz CT molecular complexity index is 4960. The van der Waals surface area contributed by atoms with Crippen molar-refractivity contribution >= 4 is 82.6 Å². The van der Waals surface area contributed by atoms with E-state index in [0.29, 0.717) is 11.8 Å². The first-order valence-corrected chi connectivity index (χ1v) is 41.6. The molecule has 4 aliphatic carbocycles. The standard InChI is InChI=1S/C85H104Cl2N10O27/c1-33(2)17-48(90-81(115)123-83(4,5)6)73(108)95-64-66(103)38-12-15-52(46(86)24-38)118-54-26-42-27-55(70(54)122-80-71(69(106)68(105)56(32-98)120-80)121-58-31-85(10,72(107)34(3)117-58)97-82(116)124-84(7,8)9)119-53-16-13-39(25-47(53)87)67(104)65-79(114)94-63(77(112)91-60-40-19-35-18-36(21-40)22-41(60)20-35)45-28-43(99)29-51(101)59(45)44-23-37(11-14-50(44)100)61(75(110)96-65)93-76(111)62(42)92-74(109)49(30-57(88)102)89-78(64)113/h11-16,23-29,33-36,40-41,48-49,56,58,60-69,71-72,80,98-101,103-107H,17-22,30-32H2,1-10H3,(H2,88,102)(H,89,113)(H,90,115)(H,91,112)(H,92,109)(H,93,111)(H,94,114)(H,95,108)(H,96,110)(H,97,116)/t34?,35?,36?,40?,41?,48-,49+,56?,58?,60?,61-,62-,63+,64-,65?,66-,67-,68?,69?,71?,72?,80?,85?/m1/s1. The fourth-order valence-corrected chi connectivity index (χ4v) is 18.3. The van der Waals surface area contributed by atoms with E-state index in [2.05, 4.69) is 47.9 Å². The molecule has 5 aromatic carbocycles. The molecule has 2 saturated heterocycles. The summed E-state index contributed by atoms with van der Waals surface area (Å²) in [5.41, 5.74) is -0.268. The minimum Gasteiger partial charge on any atom is -0.508 e. The number of nitrogens with one attached hydrogen (secondary N) is 9. The number of halogens is 2. The van der Waals surface area contributed by atoms with E-state index in [1.54, 1.807) is 55.4 Å². The lowest BCUT2D eigenvalue weighted by molar-refractivity contribution is -0.334. The largest absolute Gasteiger partial charge is 0.508 e. The number of aliphatic hydroxyl groups is 6. The van der Waals surface area contributed by atoms with E-state index >= 15 is 28.8 Å². The normalized spacial score (nSPS) is 30.7. The van der Waals surface area contributed by atoms with Crippen LogP contribution in [0.4, 0.5) is 9.59 Å². The van der Waals surface area contributed by atoms with E-state index in [4.69, 9.17) is 66.8 Å². The summed E-state index contributed by atoms with van der Waals surface area (Å²) >= 11 is 14.5. The summed E-state index contributed by atoms with van der Waals surface area (Å²) in [6.45, 7) is 14.8. The summed E-state index contributed by atoms with van der Waals surface area (Å²) in [7, 11) is 0. The summed E-state index contributed by atoms with van der Waals surface area (Å²) in [5, 5.41) is 130. The smallest absolute Gasteiger partial charge is 0.408 e. The van der Waals surface area contributed by atoms with Crippen LogP contribution in [0.5, 0.6) is 46.0 Å². The molecule has 39 heteroatoms. The number of nitrogens with two attached hydrogens (primary N) is 1. The van der Waals surface area contributed by atoms with Gasteiger partial charge in [-0.05, 0) is 206 Å². The molecule has 20 N–H and O–H groups in total. The second kappa shape index (κ2) is 36.2. The van der Waals surface area contributed by atoms with Gasteiger partial charge in [0.15, 0.2) is 23.9 Å². The number of phenolic OH excluding ortho intramolecular Hbond substituents is 3. The van der Waals surface area contributed by atoms with Gasteiger partial charge in [0.1, 0.15) is 119 Å². The number of carbonyl (C=O) groups excluding carboxylic acids is 10. The molecule has 0 spiro atoms. The number of phenols is 3. The van der Waals surface area contributed by atoms with Crippen LogP contribution in [0, 0.1) is 29.6 Å². The second-order valence-electron chi connectivity index (χ2n) is 35.7. The van der Waals surface area contributed by atoms with E-state index in [-0.39, 0.29) is 57.6 Å². The zero-order valence-corrected chi connectivity index (χ0v) is 70.9. The molecule has 6 fully saturated rings. The van der Waals surface area contributed by atoms with Gasteiger partial charge in [-0.25, -0.2) is 9.59 Å². The van der Waals surface area contributed by atoms with Gasteiger partial charge in [0, 0.05) is 29.7 Å². The van der Waals surface area contributed by atoms with Crippen LogP contribution in [0.15, 0.2) is 78.9 Å². The fraction of sp³-hybridized carbons (Fsp3) is 0.529. The molecular weight excluding hydrogens is 1660 g/mol. The molecule has 7 heterocycles. The highest BCUT2D eigenvalue weighted by Gasteiger charge is 2.54. The van der Waals surface area contributed by atoms with Crippen molar-refractivity contribution in [2.45, 2.75) is 247 Å². The first-order valence-electron chi connectivity index (χ1n) is 40.9. The van der Waals surface area contributed by atoms with Crippen molar-refractivity contribution in [2.75, 3.05) is 6.61 Å². The Morgan fingerprint density at radius 2 is 1.22 bits per heavy atom. The predicted molar refractivity (Wildman–Crippen MR) is 436 cm³/mol. The molecule has 5 aromatic rings. The lowest BCUT2D eigenvalue weighted by Gasteiger charge is -2.54. The number of aliphatic hydroxyl groups excluding tert-OH is 6.